The van der Waals surface area contributed by atoms with Gasteiger partial charge in [-0.15, -0.1) is 0 Å². The van der Waals surface area contributed by atoms with Crippen LogP contribution in [-0.2, 0) is 17.9 Å². The lowest BCUT2D eigenvalue weighted by Crippen LogP contribution is -2.12. The number of ether oxygens (including phenoxy) is 1. The number of nitrogens with zero attached hydrogens (tertiary/aromatic N) is 2. The molecule has 0 aromatic carbocycles. The average Bonchev–Trinajstić information content (AvgIpc) is 2.58. The van der Waals surface area contributed by atoms with Gasteiger partial charge in [0.2, 0.25) is 6.41 Å². The Morgan fingerprint density at radius 1 is 1.64 bits per heavy atom. The van der Waals surface area contributed by atoms with Crippen LogP contribution in [0.3, 0.4) is 0 Å². The molecule has 0 spiro atoms. The number of rotatable bonds is 2. The maximum absolute atomic E-state index is 10.5. The first-order valence-corrected chi connectivity index (χ1v) is 4.54. The topological polar surface area (TPSA) is 42.4 Å². The van der Waals surface area contributed by atoms with Crippen molar-refractivity contribution < 1.29 is 9.53 Å². The lowest BCUT2D eigenvalue weighted by atomic mass is 10.2. The first-order valence-electron chi connectivity index (χ1n) is 4.16. The molecular formula is C9H9ClN2O2. The monoisotopic (exact) mass is 212 g/mol. The maximum Gasteiger partial charge on any atom is 0.210 e. The number of carbonyl (C=O) groups is 1. The molecule has 0 atom stereocenters. The third-order valence-electron chi connectivity index (χ3n) is 2.21. The van der Waals surface area contributed by atoms with Gasteiger partial charge in [-0.25, -0.2) is 4.98 Å². The van der Waals surface area contributed by atoms with E-state index in [2.05, 4.69) is 4.98 Å². The second-order valence-electron chi connectivity index (χ2n) is 3.10. The van der Waals surface area contributed by atoms with Gasteiger partial charge in [-0.3, -0.25) is 4.79 Å². The molecule has 0 fully saturated rings. The Balaban J connectivity index is 2.39. The van der Waals surface area contributed by atoms with Gasteiger partial charge in [0.1, 0.15) is 0 Å². The van der Waals surface area contributed by atoms with Gasteiger partial charge in [-0.2, -0.15) is 0 Å². The maximum atomic E-state index is 10.5. The molecule has 5 heteroatoms. The van der Waals surface area contributed by atoms with Gasteiger partial charge >= 0.3 is 0 Å². The summed E-state index contributed by atoms with van der Waals surface area (Å²) in [6, 6.07) is 1.83. The summed E-state index contributed by atoms with van der Waals surface area (Å²) in [4.78, 5) is 16.3. The van der Waals surface area contributed by atoms with Gasteiger partial charge < -0.3 is 9.64 Å². The zero-order valence-electron chi connectivity index (χ0n) is 7.66. The van der Waals surface area contributed by atoms with Crippen molar-refractivity contribution in [3.05, 3.63) is 22.5 Å². The Kier molecular flexibility index (Phi) is 2.29. The molecule has 1 aliphatic heterocycles. The number of aromatic nitrogens is 1. The normalized spacial score (nSPS) is 14.0. The predicted molar refractivity (Wildman–Crippen MR) is 51.1 cm³/mol. The highest BCUT2D eigenvalue weighted by atomic mass is 35.5. The van der Waals surface area contributed by atoms with Crippen LogP contribution in [0.15, 0.2) is 6.07 Å². The fourth-order valence-electron chi connectivity index (χ4n) is 1.51. The zero-order chi connectivity index (χ0) is 10.1. The van der Waals surface area contributed by atoms with E-state index in [-0.39, 0.29) is 0 Å². The highest BCUT2D eigenvalue weighted by molar-refractivity contribution is 6.30. The van der Waals surface area contributed by atoms with Crippen LogP contribution in [0, 0.1) is 0 Å². The lowest BCUT2D eigenvalue weighted by molar-refractivity contribution is -0.118. The van der Waals surface area contributed by atoms with Crippen molar-refractivity contribution in [2.45, 2.75) is 13.1 Å². The van der Waals surface area contributed by atoms with E-state index in [1.165, 1.54) is 0 Å². The van der Waals surface area contributed by atoms with Crippen molar-refractivity contribution >= 4 is 18.0 Å². The zero-order valence-corrected chi connectivity index (χ0v) is 8.41. The smallest absolute Gasteiger partial charge is 0.210 e. The highest BCUT2D eigenvalue weighted by Crippen LogP contribution is 2.29. The van der Waals surface area contributed by atoms with Crippen LogP contribution in [0.5, 0.6) is 5.75 Å². The summed E-state index contributed by atoms with van der Waals surface area (Å²) in [5, 5.41) is 0.346. The fraction of sp³-hybridized carbons (Fsp3) is 0.333. The Bertz CT molecular complexity index is 381. The third kappa shape index (κ3) is 1.42. The number of hydrogen-bond donors (Lipinski definition) is 0. The molecule has 0 unspecified atom stereocenters. The van der Waals surface area contributed by atoms with Gasteiger partial charge in [0, 0.05) is 6.54 Å². The van der Waals surface area contributed by atoms with Crippen LogP contribution < -0.4 is 4.74 Å². The number of hydrogen-bond acceptors (Lipinski definition) is 3. The van der Waals surface area contributed by atoms with E-state index in [4.69, 9.17) is 16.3 Å². The number of carbonyl (C=O) groups excluding carboxylic acids is 1. The minimum atomic E-state index is 0.346. The molecule has 1 aromatic rings. The quantitative estimate of drug-likeness (QED) is 0.547. The number of pyridine rings is 1. The van der Waals surface area contributed by atoms with Gasteiger partial charge in [0.05, 0.1) is 19.3 Å². The molecule has 2 heterocycles. The second-order valence-corrected chi connectivity index (χ2v) is 3.46. The Morgan fingerprint density at radius 2 is 2.43 bits per heavy atom. The summed E-state index contributed by atoms with van der Waals surface area (Å²) in [5.74, 6) is 0.554. The summed E-state index contributed by atoms with van der Waals surface area (Å²) < 4.78 is 5.04. The molecule has 0 N–H and O–H groups in total. The van der Waals surface area contributed by atoms with Crippen molar-refractivity contribution in [3.63, 3.8) is 0 Å². The third-order valence-corrected chi connectivity index (χ3v) is 2.48. The van der Waals surface area contributed by atoms with E-state index in [0.717, 1.165) is 17.7 Å². The predicted octanol–water partition coefficient (Wildman–Crippen LogP) is 1.22. The Hall–Kier alpha value is -1.29. The SMILES string of the molecule is COc1cc2c(nc1Cl)CN(C=O)C2. The fourth-order valence-corrected chi connectivity index (χ4v) is 1.74. The Labute approximate surface area is 86.4 Å². The number of fused-ring (bicyclic) bond motifs is 1. The Morgan fingerprint density at radius 3 is 3.07 bits per heavy atom. The van der Waals surface area contributed by atoms with E-state index < -0.39 is 0 Å². The standard InChI is InChI=1S/C9H9ClN2O2/c1-14-8-2-6-3-12(5-13)4-7(6)11-9(8)10/h2,5H,3-4H2,1H3. The molecule has 0 radical (unpaired) electrons. The summed E-state index contributed by atoms with van der Waals surface area (Å²) >= 11 is 5.86. The molecule has 4 nitrogen and oxygen atoms in total. The molecular weight excluding hydrogens is 204 g/mol. The minimum absolute atomic E-state index is 0.346. The van der Waals surface area contributed by atoms with Crippen molar-refractivity contribution in [3.8, 4) is 5.75 Å². The molecule has 0 aliphatic carbocycles. The van der Waals surface area contributed by atoms with Crippen molar-refractivity contribution in [2.24, 2.45) is 0 Å². The van der Waals surface area contributed by atoms with Crippen LogP contribution in [0.4, 0.5) is 0 Å². The van der Waals surface area contributed by atoms with Gasteiger partial charge in [-0.1, -0.05) is 11.6 Å². The summed E-state index contributed by atoms with van der Waals surface area (Å²) in [6.45, 7) is 1.11. The summed E-state index contributed by atoms with van der Waals surface area (Å²) in [5.41, 5.74) is 1.85. The molecule has 0 saturated heterocycles. The molecule has 74 valence electrons. The van der Waals surface area contributed by atoms with Crippen molar-refractivity contribution in [2.75, 3.05) is 7.11 Å². The van der Waals surface area contributed by atoms with Gasteiger partial charge in [-0.05, 0) is 11.6 Å². The first-order chi connectivity index (χ1) is 6.74. The largest absolute Gasteiger partial charge is 0.494 e. The van der Waals surface area contributed by atoms with Crippen LogP contribution in [0.25, 0.3) is 0 Å². The summed E-state index contributed by atoms with van der Waals surface area (Å²) in [6.07, 6.45) is 0.808. The van der Waals surface area contributed by atoms with Crippen LogP contribution in [0.2, 0.25) is 5.15 Å². The van der Waals surface area contributed by atoms with Crippen LogP contribution in [-0.4, -0.2) is 23.4 Å². The molecule has 1 amide bonds. The molecule has 0 saturated carbocycles. The number of methoxy groups -OCH3 is 1. The molecule has 0 bridgehead atoms. The summed E-state index contributed by atoms with van der Waals surface area (Å²) in [7, 11) is 1.54. The lowest BCUT2D eigenvalue weighted by Gasteiger charge is -2.04. The molecule has 1 aromatic heterocycles. The average molecular weight is 213 g/mol. The van der Waals surface area contributed by atoms with E-state index in [1.54, 1.807) is 12.0 Å². The van der Waals surface area contributed by atoms with Crippen molar-refractivity contribution in [1.82, 2.24) is 9.88 Å². The molecule has 2 rings (SSSR count). The van der Waals surface area contributed by atoms with E-state index in [9.17, 15) is 4.79 Å². The molecule has 14 heavy (non-hydrogen) atoms. The van der Waals surface area contributed by atoms with Crippen LogP contribution >= 0.6 is 11.6 Å². The van der Waals surface area contributed by atoms with Gasteiger partial charge in [0.25, 0.3) is 0 Å². The van der Waals surface area contributed by atoms with E-state index in [0.29, 0.717) is 24.0 Å². The van der Waals surface area contributed by atoms with Gasteiger partial charge in [0.15, 0.2) is 10.9 Å². The number of amides is 1. The van der Waals surface area contributed by atoms with E-state index in [1.807, 2.05) is 6.07 Å². The molecule has 1 aliphatic rings. The highest BCUT2D eigenvalue weighted by Gasteiger charge is 2.20. The number of halogens is 1. The van der Waals surface area contributed by atoms with Crippen LogP contribution in [0.1, 0.15) is 11.3 Å². The van der Waals surface area contributed by atoms with E-state index >= 15 is 0 Å². The first kappa shape index (κ1) is 9.27. The van der Waals surface area contributed by atoms with Crippen molar-refractivity contribution in [1.29, 1.82) is 0 Å². The minimum Gasteiger partial charge on any atom is -0.494 e. The second kappa shape index (κ2) is 3.46.